The van der Waals surface area contributed by atoms with E-state index in [4.69, 9.17) is 0 Å². The molecule has 0 saturated heterocycles. The smallest absolute Gasteiger partial charge is 0.0294 e. The summed E-state index contributed by atoms with van der Waals surface area (Å²) in [5, 5.41) is 3.85. The third-order valence-corrected chi connectivity index (χ3v) is 4.98. The first-order chi connectivity index (χ1) is 9.47. The van der Waals surface area contributed by atoms with Crippen LogP contribution >= 0.6 is 0 Å². The van der Waals surface area contributed by atoms with Crippen LogP contribution in [0.3, 0.4) is 0 Å². The zero-order valence-electron chi connectivity index (χ0n) is 13.7. The van der Waals surface area contributed by atoms with E-state index in [0.29, 0.717) is 17.5 Å². The molecule has 1 saturated carbocycles. The zero-order chi connectivity index (χ0) is 14.6. The lowest BCUT2D eigenvalue weighted by Gasteiger charge is -2.30. The van der Waals surface area contributed by atoms with E-state index in [9.17, 15) is 0 Å². The Balaban J connectivity index is 1.88. The molecule has 1 aromatic carbocycles. The molecule has 1 nitrogen and oxygen atoms in total. The molecule has 0 heterocycles. The predicted octanol–water partition coefficient (Wildman–Crippen LogP) is 5.33. The maximum Gasteiger partial charge on any atom is 0.0294 e. The second kappa shape index (κ2) is 6.76. The van der Waals surface area contributed by atoms with Gasteiger partial charge in [-0.25, -0.2) is 0 Å². The zero-order valence-corrected chi connectivity index (χ0v) is 13.7. The Kier molecular flexibility index (Phi) is 5.26. The highest BCUT2D eigenvalue weighted by atomic mass is 14.9. The molecule has 1 aromatic rings. The topological polar surface area (TPSA) is 12.0 Å². The maximum absolute atomic E-state index is 3.85. The van der Waals surface area contributed by atoms with Crippen LogP contribution in [-0.2, 0) is 0 Å². The first-order valence-electron chi connectivity index (χ1n) is 8.28. The predicted molar refractivity (Wildman–Crippen MR) is 87.8 cm³/mol. The summed E-state index contributed by atoms with van der Waals surface area (Å²) >= 11 is 0. The number of nitrogens with one attached hydrogen (secondary N) is 1. The van der Waals surface area contributed by atoms with Crippen LogP contribution in [0.5, 0.6) is 0 Å². The van der Waals surface area contributed by atoms with Gasteiger partial charge in [0.25, 0.3) is 0 Å². The van der Waals surface area contributed by atoms with Crippen LogP contribution in [-0.4, -0.2) is 6.04 Å². The van der Waals surface area contributed by atoms with Crippen molar-refractivity contribution in [1.29, 1.82) is 0 Å². The first kappa shape index (κ1) is 15.6. The molecule has 1 aliphatic rings. The average molecular weight is 273 g/mol. The summed E-state index contributed by atoms with van der Waals surface area (Å²) in [6, 6.07) is 12.0. The minimum absolute atomic E-state index is 0.465. The Labute approximate surface area is 125 Å². The third kappa shape index (κ3) is 4.34. The van der Waals surface area contributed by atoms with Crippen molar-refractivity contribution in [3.63, 3.8) is 0 Å². The first-order valence-corrected chi connectivity index (χ1v) is 8.28. The molecule has 0 amide bonds. The molecule has 112 valence electrons. The minimum Gasteiger partial charge on any atom is -0.307 e. The lowest BCUT2D eigenvalue weighted by atomic mass is 9.76. The van der Waals surface area contributed by atoms with Crippen LogP contribution in [0.15, 0.2) is 30.3 Å². The highest BCUT2D eigenvalue weighted by Gasteiger charge is 2.28. The fraction of sp³-hybridized carbons (Fsp3) is 0.684. The molecule has 0 aliphatic heterocycles. The Morgan fingerprint density at radius 1 is 1.00 bits per heavy atom. The van der Waals surface area contributed by atoms with Gasteiger partial charge in [0.2, 0.25) is 0 Å². The second-order valence-electron chi connectivity index (χ2n) is 7.57. The Morgan fingerprint density at radius 2 is 1.70 bits per heavy atom. The third-order valence-electron chi connectivity index (χ3n) is 4.98. The molecule has 1 N–H and O–H groups in total. The van der Waals surface area contributed by atoms with E-state index in [2.05, 4.69) is 63.3 Å². The molecule has 2 unspecified atom stereocenters. The van der Waals surface area contributed by atoms with Crippen molar-refractivity contribution in [2.24, 2.45) is 11.3 Å². The Bertz CT molecular complexity index is 390. The van der Waals surface area contributed by atoms with Gasteiger partial charge in [-0.05, 0) is 49.5 Å². The van der Waals surface area contributed by atoms with Crippen LogP contribution < -0.4 is 5.32 Å². The van der Waals surface area contributed by atoms with Gasteiger partial charge in [-0.15, -0.1) is 0 Å². The molecule has 1 heteroatoms. The summed E-state index contributed by atoms with van der Waals surface area (Å²) in [6.45, 7) is 9.50. The highest BCUT2D eigenvalue weighted by Crippen LogP contribution is 2.37. The van der Waals surface area contributed by atoms with E-state index >= 15 is 0 Å². The standard InChI is InChI=1S/C19H31N/c1-15(16-9-6-5-7-10-16)20-18-12-8-11-17(13-14-18)19(2,3)4/h5-7,9-10,15,17-18,20H,8,11-14H2,1-4H3/t15-,17?,18?/m0/s1. The van der Waals surface area contributed by atoms with Gasteiger partial charge in [-0.2, -0.15) is 0 Å². The van der Waals surface area contributed by atoms with E-state index < -0.39 is 0 Å². The van der Waals surface area contributed by atoms with E-state index in [0.717, 1.165) is 5.92 Å². The SMILES string of the molecule is C[C@H](NC1CCCC(C(C)(C)C)CC1)c1ccccc1. The van der Waals surface area contributed by atoms with Crippen molar-refractivity contribution < 1.29 is 0 Å². The molecule has 2 rings (SSSR count). The molecule has 1 fully saturated rings. The van der Waals surface area contributed by atoms with Gasteiger partial charge in [-0.3, -0.25) is 0 Å². The van der Waals surface area contributed by atoms with Crippen molar-refractivity contribution >= 4 is 0 Å². The number of rotatable bonds is 3. The normalized spacial score (nSPS) is 26.0. The molecular weight excluding hydrogens is 242 g/mol. The minimum atomic E-state index is 0.465. The number of benzene rings is 1. The van der Waals surface area contributed by atoms with Crippen molar-refractivity contribution in [3.8, 4) is 0 Å². The van der Waals surface area contributed by atoms with Gasteiger partial charge in [0.1, 0.15) is 0 Å². The van der Waals surface area contributed by atoms with E-state index in [1.165, 1.54) is 37.7 Å². The van der Waals surface area contributed by atoms with Gasteiger partial charge in [-0.1, -0.05) is 57.5 Å². The lowest BCUT2D eigenvalue weighted by molar-refractivity contribution is 0.213. The molecule has 3 atom stereocenters. The monoisotopic (exact) mass is 273 g/mol. The molecule has 1 aliphatic carbocycles. The van der Waals surface area contributed by atoms with Crippen LogP contribution in [0, 0.1) is 11.3 Å². The molecule has 0 aromatic heterocycles. The summed E-state index contributed by atoms with van der Waals surface area (Å²) < 4.78 is 0. The van der Waals surface area contributed by atoms with Crippen LogP contribution in [0.2, 0.25) is 0 Å². The van der Waals surface area contributed by atoms with Gasteiger partial charge >= 0.3 is 0 Å². The maximum atomic E-state index is 3.85. The molecule has 0 bridgehead atoms. The lowest BCUT2D eigenvalue weighted by Crippen LogP contribution is -2.31. The summed E-state index contributed by atoms with van der Waals surface area (Å²) in [5.41, 5.74) is 1.88. The average Bonchev–Trinajstić information content (AvgIpc) is 2.65. The van der Waals surface area contributed by atoms with E-state index in [1.54, 1.807) is 0 Å². The van der Waals surface area contributed by atoms with Crippen molar-refractivity contribution in [1.82, 2.24) is 5.32 Å². The Morgan fingerprint density at radius 3 is 2.35 bits per heavy atom. The van der Waals surface area contributed by atoms with Gasteiger partial charge < -0.3 is 5.32 Å². The van der Waals surface area contributed by atoms with Gasteiger partial charge in [0, 0.05) is 12.1 Å². The van der Waals surface area contributed by atoms with Gasteiger partial charge in [0.05, 0.1) is 0 Å². The largest absolute Gasteiger partial charge is 0.307 e. The van der Waals surface area contributed by atoms with Crippen molar-refractivity contribution in [2.75, 3.05) is 0 Å². The summed E-state index contributed by atoms with van der Waals surface area (Å²) in [5.74, 6) is 0.890. The molecule has 0 radical (unpaired) electrons. The molecule has 20 heavy (non-hydrogen) atoms. The van der Waals surface area contributed by atoms with Gasteiger partial charge in [0.15, 0.2) is 0 Å². The van der Waals surface area contributed by atoms with E-state index in [1.807, 2.05) is 0 Å². The Hall–Kier alpha value is -0.820. The number of hydrogen-bond donors (Lipinski definition) is 1. The van der Waals surface area contributed by atoms with Crippen LogP contribution in [0.25, 0.3) is 0 Å². The highest BCUT2D eigenvalue weighted by molar-refractivity contribution is 5.18. The summed E-state index contributed by atoms with van der Waals surface area (Å²) in [4.78, 5) is 0. The molecule has 0 spiro atoms. The molecular formula is C19H31N. The second-order valence-corrected chi connectivity index (χ2v) is 7.57. The quantitative estimate of drug-likeness (QED) is 0.734. The fourth-order valence-electron chi connectivity index (χ4n) is 3.53. The van der Waals surface area contributed by atoms with Crippen molar-refractivity contribution in [3.05, 3.63) is 35.9 Å². The summed E-state index contributed by atoms with van der Waals surface area (Å²) in [7, 11) is 0. The fourth-order valence-corrected chi connectivity index (χ4v) is 3.53. The van der Waals surface area contributed by atoms with E-state index in [-0.39, 0.29) is 0 Å². The summed E-state index contributed by atoms with van der Waals surface area (Å²) in [6.07, 6.45) is 6.83. The number of hydrogen-bond acceptors (Lipinski definition) is 1. The van der Waals surface area contributed by atoms with Crippen molar-refractivity contribution in [2.45, 2.75) is 71.9 Å². The van der Waals surface area contributed by atoms with Crippen LogP contribution in [0.1, 0.15) is 71.4 Å². The van der Waals surface area contributed by atoms with Crippen LogP contribution in [0.4, 0.5) is 0 Å².